The molecule has 0 heterocycles. The van der Waals surface area contributed by atoms with Crippen LogP contribution in [0, 0.1) is 5.41 Å². The highest BCUT2D eigenvalue weighted by atomic mass is 35.5. The molecule has 1 aliphatic carbocycles. The van der Waals surface area contributed by atoms with Gasteiger partial charge in [-0.05, 0) is 29.9 Å². The molecule has 1 fully saturated rings. The quantitative estimate of drug-likeness (QED) is 0.840. The Morgan fingerprint density at radius 1 is 1.13 bits per heavy atom. The number of hydrogen-bond donors (Lipinski definition) is 2. The van der Waals surface area contributed by atoms with Crippen molar-refractivity contribution in [2.45, 2.75) is 64.8 Å². The number of rotatable bonds is 5. The van der Waals surface area contributed by atoms with Gasteiger partial charge in [0, 0.05) is 18.0 Å². The first kappa shape index (κ1) is 20.0. The predicted molar refractivity (Wildman–Crippen MR) is 98.9 cm³/mol. The van der Waals surface area contributed by atoms with Gasteiger partial charge in [0.1, 0.15) is 0 Å². The zero-order chi connectivity index (χ0) is 16.2. The minimum atomic E-state index is -0.195. The van der Waals surface area contributed by atoms with Gasteiger partial charge in [0.2, 0.25) is 5.91 Å². The molecule has 3 nitrogen and oxygen atoms in total. The van der Waals surface area contributed by atoms with Crippen LogP contribution in [0.5, 0.6) is 0 Å². The van der Waals surface area contributed by atoms with Crippen LogP contribution in [0.3, 0.4) is 0 Å². The first-order valence-electron chi connectivity index (χ1n) is 8.56. The van der Waals surface area contributed by atoms with Gasteiger partial charge in [-0.1, -0.05) is 64.3 Å². The zero-order valence-electron chi connectivity index (χ0n) is 14.6. The third-order valence-corrected chi connectivity index (χ3v) is 5.02. The van der Waals surface area contributed by atoms with Gasteiger partial charge in [-0.15, -0.1) is 12.4 Å². The van der Waals surface area contributed by atoms with Gasteiger partial charge in [-0.2, -0.15) is 0 Å². The fourth-order valence-electron chi connectivity index (χ4n) is 3.22. The first-order chi connectivity index (χ1) is 10.4. The van der Waals surface area contributed by atoms with Gasteiger partial charge < -0.3 is 11.1 Å². The summed E-state index contributed by atoms with van der Waals surface area (Å²) < 4.78 is 0. The molecule has 0 bridgehead atoms. The highest BCUT2D eigenvalue weighted by Crippen LogP contribution is 2.35. The van der Waals surface area contributed by atoms with Crippen LogP contribution in [0.1, 0.15) is 76.0 Å². The van der Waals surface area contributed by atoms with E-state index in [1.807, 2.05) is 0 Å². The Bertz CT molecular complexity index is 493. The van der Waals surface area contributed by atoms with Crippen LogP contribution in [-0.4, -0.2) is 12.5 Å². The van der Waals surface area contributed by atoms with Gasteiger partial charge in [-0.3, -0.25) is 4.79 Å². The summed E-state index contributed by atoms with van der Waals surface area (Å²) in [5.74, 6) is 0.692. The molecule has 1 aliphatic rings. The molecule has 1 aromatic rings. The van der Waals surface area contributed by atoms with Crippen molar-refractivity contribution in [2.24, 2.45) is 11.1 Å². The maximum atomic E-state index is 12.4. The minimum Gasteiger partial charge on any atom is -0.354 e. The smallest absolute Gasteiger partial charge is 0.226 e. The summed E-state index contributed by atoms with van der Waals surface area (Å²) in [7, 11) is 0. The van der Waals surface area contributed by atoms with Crippen molar-refractivity contribution in [1.82, 2.24) is 5.32 Å². The van der Waals surface area contributed by atoms with Crippen LogP contribution in [0.15, 0.2) is 24.3 Å². The molecule has 3 N–H and O–H groups in total. The van der Waals surface area contributed by atoms with Gasteiger partial charge >= 0.3 is 0 Å². The largest absolute Gasteiger partial charge is 0.354 e. The molecular weight excluding hydrogens is 308 g/mol. The highest BCUT2D eigenvalue weighted by molar-refractivity contribution is 5.85. The number of hydrogen-bond acceptors (Lipinski definition) is 2. The first-order valence-corrected chi connectivity index (χ1v) is 8.56. The molecule has 0 aliphatic heterocycles. The summed E-state index contributed by atoms with van der Waals surface area (Å²) in [5.41, 5.74) is 8.43. The maximum Gasteiger partial charge on any atom is 0.226 e. The monoisotopic (exact) mass is 338 g/mol. The van der Waals surface area contributed by atoms with Crippen LogP contribution in [0.4, 0.5) is 0 Å². The van der Waals surface area contributed by atoms with Crippen LogP contribution in [0.2, 0.25) is 0 Å². The van der Waals surface area contributed by atoms with E-state index in [1.54, 1.807) is 0 Å². The van der Waals surface area contributed by atoms with Crippen molar-refractivity contribution in [3.05, 3.63) is 35.4 Å². The third-order valence-electron chi connectivity index (χ3n) is 5.02. The van der Waals surface area contributed by atoms with E-state index in [9.17, 15) is 4.79 Å². The van der Waals surface area contributed by atoms with E-state index in [0.29, 0.717) is 12.5 Å². The molecule has 1 amide bonds. The molecule has 1 saturated carbocycles. The Morgan fingerprint density at radius 3 is 2.17 bits per heavy atom. The molecule has 130 valence electrons. The molecular formula is C19H31ClN2O. The molecule has 1 unspecified atom stereocenters. The Kier molecular flexibility index (Phi) is 7.56. The SMILES string of the molecule is CC(C)c1ccc(C(N)CNC(=O)C2(C)CCCCC2)cc1.Cl. The van der Waals surface area contributed by atoms with Crippen molar-refractivity contribution in [3.8, 4) is 0 Å². The van der Waals surface area contributed by atoms with Gasteiger partial charge in [0.15, 0.2) is 0 Å². The predicted octanol–water partition coefficient (Wildman–Crippen LogP) is 4.32. The summed E-state index contributed by atoms with van der Waals surface area (Å²) in [4.78, 5) is 12.4. The van der Waals surface area contributed by atoms with Crippen molar-refractivity contribution >= 4 is 18.3 Å². The third kappa shape index (κ3) is 5.22. The summed E-state index contributed by atoms with van der Waals surface area (Å²) in [6, 6.07) is 8.27. The van der Waals surface area contributed by atoms with E-state index in [4.69, 9.17) is 5.73 Å². The number of nitrogens with one attached hydrogen (secondary N) is 1. The number of carbonyl (C=O) groups excluding carboxylic acids is 1. The van der Waals surface area contributed by atoms with Crippen LogP contribution < -0.4 is 11.1 Å². The van der Waals surface area contributed by atoms with E-state index in [2.05, 4.69) is 50.4 Å². The van der Waals surface area contributed by atoms with Crippen molar-refractivity contribution < 1.29 is 4.79 Å². The van der Waals surface area contributed by atoms with Crippen LogP contribution >= 0.6 is 12.4 Å². The molecule has 4 heteroatoms. The van der Waals surface area contributed by atoms with Gasteiger partial charge in [0.05, 0.1) is 0 Å². The molecule has 0 radical (unpaired) electrons. The summed E-state index contributed by atoms with van der Waals surface area (Å²) in [6.07, 6.45) is 5.57. The van der Waals surface area contributed by atoms with Gasteiger partial charge in [0.25, 0.3) is 0 Å². The normalized spacial score (nSPS) is 18.1. The fraction of sp³-hybridized carbons (Fsp3) is 0.632. The van der Waals surface area contributed by atoms with Crippen LogP contribution in [0.25, 0.3) is 0 Å². The molecule has 2 rings (SSSR count). The minimum absolute atomic E-state index is 0. The lowest BCUT2D eigenvalue weighted by molar-refractivity contribution is -0.131. The fourth-order valence-corrected chi connectivity index (χ4v) is 3.22. The Balaban J connectivity index is 0.00000264. The highest BCUT2D eigenvalue weighted by Gasteiger charge is 2.34. The number of amides is 1. The number of carbonyl (C=O) groups is 1. The Morgan fingerprint density at radius 2 is 1.65 bits per heavy atom. The molecule has 23 heavy (non-hydrogen) atoms. The summed E-state index contributed by atoms with van der Waals surface area (Å²) >= 11 is 0. The topological polar surface area (TPSA) is 55.1 Å². The second-order valence-corrected chi connectivity index (χ2v) is 7.26. The Labute approximate surface area is 146 Å². The van der Waals surface area contributed by atoms with Gasteiger partial charge in [-0.25, -0.2) is 0 Å². The average molecular weight is 339 g/mol. The van der Waals surface area contributed by atoms with E-state index in [1.165, 1.54) is 12.0 Å². The molecule has 0 aromatic heterocycles. The zero-order valence-corrected chi connectivity index (χ0v) is 15.4. The van der Waals surface area contributed by atoms with E-state index in [0.717, 1.165) is 31.2 Å². The summed E-state index contributed by atoms with van der Waals surface area (Å²) in [6.45, 7) is 6.96. The summed E-state index contributed by atoms with van der Waals surface area (Å²) in [5, 5.41) is 3.06. The van der Waals surface area contributed by atoms with Crippen molar-refractivity contribution in [2.75, 3.05) is 6.54 Å². The second kappa shape index (κ2) is 8.70. The second-order valence-electron chi connectivity index (χ2n) is 7.26. The van der Waals surface area contributed by atoms with Crippen molar-refractivity contribution in [3.63, 3.8) is 0 Å². The Hall–Kier alpha value is -1.06. The lowest BCUT2D eigenvalue weighted by Crippen LogP contribution is -2.42. The lowest BCUT2D eigenvalue weighted by Gasteiger charge is -2.32. The van der Waals surface area contributed by atoms with Crippen LogP contribution in [-0.2, 0) is 4.79 Å². The molecule has 0 spiro atoms. The number of benzene rings is 1. The average Bonchev–Trinajstić information content (AvgIpc) is 2.53. The lowest BCUT2D eigenvalue weighted by atomic mass is 9.75. The van der Waals surface area contributed by atoms with E-state index in [-0.39, 0.29) is 29.8 Å². The van der Waals surface area contributed by atoms with E-state index < -0.39 is 0 Å². The maximum absolute atomic E-state index is 12.4. The van der Waals surface area contributed by atoms with E-state index >= 15 is 0 Å². The molecule has 1 atom stereocenters. The number of nitrogens with two attached hydrogens (primary N) is 1. The molecule has 1 aromatic carbocycles. The standard InChI is InChI=1S/C19H30N2O.ClH/c1-14(2)15-7-9-16(10-8-15)17(20)13-21-18(22)19(3)11-5-4-6-12-19;/h7-10,14,17H,4-6,11-13,20H2,1-3H3,(H,21,22);1H. The molecule has 0 saturated heterocycles. The number of halogens is 1. The van der Waals surface area contributed by atoms with Crippen molar-refractivity contribution in [1.29, 1.82) is 0 Å².